The van der Waals surface area contributed by atoms with E-state index in [0.29, 0.717) is 16.9 Å². The van der Waals surface area contributed by atoms with Crippen molar-refractivity contribution in [2.75, 3.05) is 24.6 Å². The van der Waals surface area contributed by atoms with Crippen LogP contribution in [-0.2, 0) is 4.79 Å². The number of nitrogens with zero attached hydrogens (tertiary/aromatic N) is 1. The van der Waals surface area contributed by atoms with E-state index in [1.165, 1.54) is 31.2 Å². The zero-order chi connectivity index (χ0) is 16.1. The van der Waals surface area contributed by atoms with Crippen molar-refractivity contribution in [1.29, 1.82) is 0 Å². The molecule has 2 nitrogen and oxygen atoms in total. The molecule has 1 heterocycles. The van der Waals surface area contributed by atoms with Gasteiger partial charge in [0.25, 0.3) is 0 Å². The van der Waals surface area contributed by atoms with Gasteiger partial charge < -0.3 is 4.90 Å². The highest BCUT2D eigenvalue weighted by Crippen LogP contribution is 2.38. The summed E-state index contributed by atoms with van der Waals surface area (Å²) >= 11 is 10.1. The smallest absolute Gasteiger partial charge is 0.232 e. The van der Waals surface area contributed by atoms with E-state index >= 15 is 0 Å². The van der Waals surface area contributed by atoms with E-state index in [0.717, 1.165) is 35.5 Å². The van der Waals surface area contributed by atoms with Gasteiger partial charge in [0.15, 0.2) is 0 Å². The summed E-state index contributed by atoms with van der Waals surface area (Å²) in [5.41, 5.74) is 1.22. The van der Waals surface area contributed by atoms with Gasteiger partial charge in [0.2, 0.25) is 5.91 Å². The van der Waals surface area contributed by atoms with Crippen molar-refractivity contribution in [3.8, 4) is 0 Å². The normalized spacial score (nSPS) is 23.0. The fourth-order valence-electron chi connectivity index (χ4n) is 3.34. The van der Waals surface area contributed by atoms with Crippen molar-refractivity contribution in [3.05, 3.63) is 34.9 Å². The molecule has 1 saturated heterocycles. The summed E-state index contributed by atoms with van der Waals surface area (Å²) in [5.74, 6) is 1.98. The molecule has 3 rings (SSSR count). The van der Waals surface area contributed by atoms with Crippen LogP contribution >= 0.6 is 35.1 Å². The molecule has 0 radical (unpaired) electrons. The lowest BCUT2D eigenvalue weighted by Crippen LogP contribution is -2.34. The minimum Gasteiger partial charge on any atom is -0.341 e. The molecule has 0 aromatic heterocycles. The lowest BCUT2D eigenvalue weighted by atomic mass is 10.1. The summed E-state index contributed by atoms with van der Waals surface area (Å²) in [6.07, 6.45) is 6.26. The Kier molecular flexibility index (Phi) is 6.61. The van der Waals surface area contributed by atoms with Gasteiger partial charge >= 0.3 is 0 Å². The van der Waals surface area contributed by atoms with Gasteiger partial charge in [0, 0.05) is 34.4 Å². The highest BCUT2D eigenvalue weighted by atomic mass is 35.5. The lowest BCUT2D eigenvalue weighted by molar-refractivity contribution is -0.128. The molecule has 1 aromatic carbocycles. The zero-order valence-electron chi connectivity index (χ0n) is 13.4. The second-order valence-electron chi connectivity index (χ2n) is 6.27. The molecular weight excluding hydrogens is 346 g/mol. The first-order chi connectivity index (χ1) is 11.2. The first-order valence-corrected chi connectivity index (χ1v) is 11.0. The van der Waals surface area contributed by atoms with Gasteiger partial charge in [-0.2, -0.15) is 11.8 Å². The molecule has 1 aromatic rings. The number of amides is 1. The third kappa shape index (κ3) is 4.83. The Bertz CT molecular complexity index is 534. The molecule has 1 aliphatic heterocycles. The van der Waals surface area contributed by atoms with E-state index in [2.05, 4.69) is 11.0 Å². The Morgan fingerprint density at radius 3 is 2.78 bits per heavy atom. The summed E-state index contributed by atoms with van der Waals surface area (Å²) in [7, 11) is 0. The standard InChI is InChI=1S/C18H24ClNOS2/c19-16-8-4-3-7-15(16)17-9-10-20(11-12-22-17)18(21)13-23-14-5-1-2-6-14/h3-4,7-8,14,17H,1-2,5-6,9-13H2/t17-/m0/s1. The predicted molar refractivity (Wildman–Crippen MR) is 103 cm³/mol. The van der Waals surface area contributed by atoms with E-state index in [4.69, 9.17) is 11.6 Å². The summed E-state index contributed by atoms with van der Waals surface area (Å²) in [6, 6.07) is 8.11. The van der Waals surface area contributed by atoms with Crippen LogP contribution in [0, 0.1) is 0 Å². The third-order valence-corrected chi connectivity index (χ3v) is 7.70. The van der Waals surface area contributed by atoms with Crippen LogP contribution in [0.2, 0.25) is 5.02 Å². The average Bonchev–Trinajstić information content (AvgIpc) is 2.96. The second-order valence-corrected chi connectivity index (χ2v) is 9.27. The predicted octanol–water partition coefficient (Wildman–Crippen LogP) is 5.02. The molecule has 1 saturated carbocycles. The molecule has 1 atom stereocenters. The number of halogens is 1. The van der Waals surface area contributed by atoms with Crippen molar-refractivity contribution in [2.24, 2.45) is 0 Å². The summed E-state index contributed by atoms with van der Waals surface area (Å²) in [5, 5.41) is 1.97. The maximum absolute atomic E-state index is 12.5. The molecule has 0 N–H and O–H groups in total. The van der Waals surface area contributed by atoms with E-state index in [9.17, 15) is 4.79 Å². The SMILES string of the molecule is O=C(CSC1CCCC1)N1CCS[C@H](c2ccccc2Cl)CC1. The molecule has 2 aliphatic rings. The highest BCUT2D eigenvalue weighted by Gasteiger charge is 2.24. The fourth-order valence-corrected chi connectivity index (χ4v) is 6.17. The number of benzene rings is 1. The quantitative estimate of drug-likeness (QED) is 0.742. The summed E-state index contributed by atoms with van der Waals surface area (Å²) in [4.78, 5) is 14.5. The maximum Gasteiger partial charge on any atom is 0.232 e. The third-order valence-electron chi connectivity index (χ3n) is 4.69. The molecule has 5 heteroatoms. The largest absolute Gasteiger partial charge is 0.341 e. The van der Waals surface area contributed by atoms with Crippen LogP contribution in [0.25, 0.3) is 0 Å². The Morgan fingerprint density at radius 1 is 1.22 bits per heavy atom. The lowest BCUT2D eigenvalue weighted by Gasteiger charge is -2.21. The minimum absolute atomic E-state index is 0.322. The van der Waals surface area contributed by atoms with Gasteiger partial charge in [-0.05, 0) is 30.9 Å². The number of thioether (sulfide) groups is 2. The van der Waals surface area contributed by atoms with E-state index in [1.54, 1.807) is 0 Å². The fraction of sp³-hybridized carbons (Fsp3) is 0.611. The van der Waals surface area contributed by atoms with Gasteiger partial charge in [0.1, 0.15) is 0 Å². The van der Waals surface area contributed by atoms with E-state index in [1.807, 2.05) is 41.7 Å². The molecule has 1 amide bonds. The number of rotatable bonds is 4. The first kappa shape index (κ1) is 17.5. The molecule has 0 spiro atoms. The van der Waals surface area contributed by atoms with E-state index < -0.39 is 0 Å². The Morgan fingerprint density at radius 2 is 2.00 bits per heavy atom. The van der Waals surface area contributed by atoms with Crippen molar-refractivity contribution < 1.29 is 4.79 Å². The van der Waals surface area contributed by atoms with Crippen LogP contribution in [0.3, 0.4) is 0 Å². The van der Waals surface area contributed by atoms with Crippen LogP contribution in [0.5, 0.6) is 0 Å². The Hall–Kier alpha value is -0.320. The Balaban J connectivity index is 1.51. The maximum atomic E-state index is 12.5. The van der Waals surface area contributed by atoms with Crippen LogP contribution in [0.4, 0.5) is 0 Å². The first-order valence-electron chi connectivity index (χ1n) is 8.49. The summed E-state index contributed by atoms with van der Waals surface area (Å²) < 4.78 is 0. The minimum atomic E-state index is 0.322. The van der Waals surface area contributed by atoms with Crippen molar-refractivity contribution in [1.82, 2.24) is 4.90 Å². The average molecular weight is 370 g/mol. The van der Waals surface area contributed by atoms with Gasteiger partial charge in [-0.15, -0.1) is 11.8 Å². The zero-order valence-corrected chi connectivity index (χ0v) is 15.8. The van der Waals surface area contributed by atoms with Crippen LogP contribution in [0.1, 0.15) is 42.9 Å². The molecule has 23 heavy (non-hydrogen) atoms. The molecule has 0 unspecified atom stereocenters. The second kappa shape index (κ2) is 8.68. The van der Waals surface area contributed by atoms with Gasteiger partial charge in [-0.1, -0.05) is 42.6 Å². The molecule has 2 fully saturated rings. The number of carbonyl (C=O) groups is 1. The molecule has 0 bridgehead atoms. The van der Waals surface area contributed by atoms with Gasteiger partial charge in [-0.3, -0.25) is 4.79 Å². The highest BCUT2D eigenvalue weighted by molar-refractivity contribution is 8.00. The van der Waals surface area contributed by atoms with Crippen molar-refractivity contribution in [3.63, 3.8) is 0 Å². The molecular formula is C18H24ClNOS2. The van der Waals surface area contributed by atoms with Crippen LogP contribution in [-0.4, -0.2) is 40.7 Å². The van der Waals surface area contributed by atoms with Crippen LogP contribution < -0.4 is 0 Å². The number of hydrogen-bond donors (Lipinski definition) is 0. The molecule has 1 aliphatic carbocycles. The summed E-state index contributed by atoms with van der Waals surface area (Å²) in [6.45, 7) is 1.72. The van der Waals surface area contributed by atoms with Crippen molar-refractivity contribution in [2.45, 2.75) is 42.6 Å². The van der Waals surface area contributed by atoms with Crippen molar-refractivity contribution >= 4 is 41.0 Å². The van der Waals surface area contributed by atoms with Gasteiger partial charge in [-0.25, -0.2) is 0 Å². The van der Waals surface area contributed by atoms with E-state index in [-0.39, 0.29) is 0 Å². The number of carbonyl (C=O) groups excluding carboxylic acids is 1. The van der Waals surface area contributed by atoms with Gasteiger partial charge in [0.05, 0.1) is 5.75 Å². The molecule has 126 valence electrons. The Labute approximate surface area is 152 Å². The monoisotopic (exact) mass is 369 g/mol. The van der Waals surface area contributed by atoms with Crippen LogP contribution in [0.15, 0.2) is 24.3 Å². The topological polar surface area (TPSA) is 20.3 Å². The number of hydrogen-bond acceptors (Lipinski definition) is 3.